The summed E-state index contributed by atoms with van der Waals surface area (Å²) in [5, 5.41) is 0. The van der Waals surface area contributed by atoms with Crippen molar-refractivity contribution >= 4 is 0 Å². The highest BCUT2D eigenvalue weighted by molar-refractivity contribution is 4.95. The van der Waals surface area contributed by atoms with E-state index in [1.165, 1.54) is 45.2 Å². The van der Waals surface area contributed by atoms with Crippen LogP contribution in [0.25, 0.3) is 0 Å². The molecule has 84 valence electrons. The first-order valence-corrected chi connectivity index (χ1v) is 6.46. The second-order valence-corrected chi connectivity index (χ2v) is 4.78. The van der Waals surface area contributed by atoms with Gasteiger partial charge in [-0.05, 0) is 38.3 Å². The first-order chi connectivity index (χ1) is 6.71. The van der Waals surface area contributed by atoms with E-state index in [1.807, 2.05) is 0 Å². The summed E-state index contributed by atoms with van der Waals surface area (Å²) >= 11 is 0. The summed E-state index contributed by atoms with van der Waals surface area (Å²) in [6, 6.07) is 0. The molecule has 1 aliphatic rings. The molecule has 0 bridgehead atoms. The van der Waals surface area contributed by atoms with Crippen LogP contribution in [-0.4, -0.2) is 23.5 Å². The third kappa shape index (κ3) is 1.98. The van der Waals surface area contributed by atoms with Crippen LogP contribution in [0, 0.1) is 5.92 Å². The van der Waals surface area contributed by atoms with Crippen LogP contribution in [-0.2, 0) is 0 Å². The topological polar surface area (TPSA) is 3.24 Å². The maximum absolute atomic E-state index is 2.71. The molecule has 0 radical (unpaired) electrons. The maximum Gasteiger partial charge on any atom is 0.0232 e. The Morgan fingerprint density at radius 3 is 2.21 bits per heavy atom. The van der Waals surface area contributed by atoms with Gasteiger partial charge in [-0.2, -0.15) is 0 Å². The molecule has 0 spiro atoms. The fourth-order valence-corrected chi connectivity index (χ4v) is 3.47. The normalized spacial score (nSPS) is 33.6. The summed E-state index contributed by atoms with van der Waals surface area (Å²) in [4.78, 5) is 2.71. The molecule has 1 saturated carbocycles. The lowest BCUT2D eigenvalue weighted by atomic mass is 9.71. The predicted molar refractivity (Wildman–Crippen MR) is 63.6 cm³/mol. The van der Waals surface area contributed by atoms with E-state index in [0.717, 1.165) is 5.92 Å². The Labute approximate surface area is 89.9 Å². The Hall–Kier alpha value is -0.0400. The molecule has 1 fully saturated rings. The number of rotatable bonds is 4. The van der Waals surface area contributed by atoms with Crippen LogP contribution < -0.4 is 0 Å². The van der Waals surface area contributed by atoms with E-state index in [2.05, 4.69) is 32.6 Å². The smallest absolute Gasteiger partial charge is 0.0232 e. The quantitative estimate of drug-likeness (QED) is 0.664. The molecule has 0 saturated heterocycles. The molecule has 1 rings (SSSR count). The largest absolute Gasteiger partial charge is 0.298 e. The zero-order chi connectivity index (χ0) is 10.6. The monoisotopic (exact) mass is 197 g/mol. The van der Waals surface area contributed by atoms with E-state index in [1.54, 1.807) is 0 Å². The van der Waals surface area contributed by atoms with E-state index < -0.39 is 0 Å². The lowest BCUT2D eigenvalue weighted by molar-refractivity contribution is 0.0101. The Kier molecular flexibility index (Phi) is 4.43. The molecule has 14 heavy (non-hydrogen) atoms. The standard InChI is InChI=1S/C13H27N/c1-5-13(14(6-2)7-3)11-9-8-10-12(13)4/h12H,5-11H2,1-4H3/t12?,13-/m0/s1. The van der Waals surface area contributed by atoms with E-state index in [4.69, 9.17) is 0 Å². The first-order valence-electron chi connectivity index (χ1n) is 6.46. The van der Waals surface area contributed by atoms with Crippen LogP contribution in [0.3, 0.4) is 0 Å². The molecule has 0 heterocycles. The minimum atomic E-state index is 0.530. The van der Waals surface area contributed by atoms with Gasteiger partial charge in [0.1, 0.15) is 0 Å². The summed E-state index contributed by atoms with van der Waals surface area (Å²) in [6.45, 7) is 11.9. The van der Waals surface area contributed by atoms with Gasteiger partial charge in [0, 0.05) is 5.54 Å². The van der Waals surface area contributed by atoms with Crippen LogP contribution in [0.5, 0.6) is 0 Å². The molecular weight excluding hydrogens is 170 g/mol. The van der Waals surface area contributed by atoms with Crippen molar-refractivity contribution in [2.24, 2.45) is 5.92 Å². The van der Waals surface area contributed by atoms with Crippen molar-refractivity contribution in [3.63, 3.8) is 0 Å². The molecule has 0 aliphatic heterocycles. The Balaban J connectivity index is 2.80. The van der Waals surface area contributed by atoms with Crippen LogP contribution in [0.4, 0.5) is 0 Å². The number of nitrogens with zero attached hydrogens (tertiary/aromatic N) is 1. The molecule has 1 aliphatic carbocycles. The summed E-state index contributed by atoms with van der Waals surface area (Å²) < 4.78 is 0. The van der Waals surface area contributed by atoms with E-state index >= 15 is 0 Å². The predicted octanol–water partition coefficient (Wildman–Crippen LogP) is 3.69. The molecule has 1 nitrogen and oxygen atoms in total. The molecular formula is C13H27N. The van der Waals surface area contributed by atoms with E-state index in [0.29, 0.717) is 5.54 Å². The summed E-state index contributed by atoms with van der Waals surface area (Å²) in [7, 11) is 0. The van der Waals surface area contributed by atoms with Crippen LogP contribution >= 0.6 is 0 Å². The molecule has 0 N–H and O–H groups in total. The van der Waals surface area contributed by atoms with Crippen LogP contribution in [0.2, 0.25) is 0 Å². The molecule has 2 atom stereocenters. The van der Waals surface area contributed by atoms with Gasteiger partial charge in [-0.1, -0.05) is 40.5 Å². The highest BCUT2D eigenvalue weighted by Crippen LogP contribution is 2.40. The van der Waals surface area contributed by atoms with Gasteiger partial charge in [0.2, 0.25) is 0 Å². The number of hydrogen-bond donors (Lipinski definition) is 0. The molecule has 0 amide bonds. The average Bonchev–Trinajstić information content (AvgIpc) is 2.22. The summed E-state index contributed by atoms with van der Waals surface area (Å²) in [6.07, 6.45) is 7.07. The SMILES string of the molecule is CCN(CC)[C@@]1(CC)CCCCC1C. The minimum Gasteiger partial charge on any atom is -0.298 e. The second kappa shape index (κ2) is 5.16. The van der Waals surface area contributed by atoms with Crippen LogP contribution in [0.1, 0.15) is 59.8 Å². The molecule has 0 aromatic heterocycles. The van der Waals surface area contributed by atoms with Crippen molar-refractivity contribution in [2.75, 3.05) is 13.1 Å². The van der Waals surface area contributed by atoms with Crippen molar-refractivity contribution < 1.29 is 0 Å². The maximum atomic E-state index is 2.71. The first kappa shape index (κ1) is 12.0. The summed E-state index contributed by atoms with van der Waals surface area (Å²) in [5.74, 6) is 0.890. The van der Waals surface area contributed by atoms with Crippen molar-refractivity contribution in [1.82, 2.24) is 4.90 Å². The Morgan fingerprint density at radius 2 is 1.79 bits per heavy atom. The third-order valence-electron chi connectivity index (χ3n) is 4.42. The van der Waals surface area contributed by atoms with Crippen molar-refractivity contribution in [3.8, 4) is 0 Å². The third-order valence-corrected chi connectivity index (χ3v) is 4.42. The van der Waals surface area contributed by atoms with Crippen molar-refractivity contribution in [1.29, 1.82) is 0 Å². The van der Waals surface area contributed by atoms with Gasteiger partial charge < -0.3 is 0 Å². The van der Waals surface area contributed by atoms with Gasteiger partial charge >= 0.3 is 0 Å². The van der Waals surface area contributed by atoms with Gasteiger partial charge in [-0.3, -0.25) is 4.90 Å². The van der Waals surface area contributed by atoms with Gasteiger partial charge in [-0.15, -0.1) is 0 Å². The zero-order valence-corrected chi connectivity index (χ0v) is 10.5. The lowest BCUT2D eigenvalue weighted by Crippen LogP contribution is -2.54. The van der Waals surface area contributed by atoms with Crippen molar-refractivity contribution in [3.05, 3.63) is 0 Å². The fraction of sp³-hybridized carbons (Fsp3) is 1.00. The molecule has 1 unspecified atom stereocenters. The second-order valence-electron chi connectivity index (χ2n) is 4.78. The minimum absolute atomic E-state index is 0.530. The fourth-order valence-electron chi connectivity index (χ4n) is 3.47. The summed E-state index contributed by atoms with van der Waals surface area (Å²) in [5.41, 5.74) is 0.530. The van der Waals surface area contributed by atoms with Gasteiger partial charge in [0.15, 0.2) is 0 Å². The van der Waals surface area contributed by atoms with Gasteiger partial charge in [-0.25, -0.2) is 0 Å². The van der Waals surface area contributed by atoms with Crippen molar-refractivity contribution in [2.45, 2.75) is 65.3 Å². The molecule has 0 aromatic rings. The highest BCUT2D eigenvalue weighted by Gasteiger charge is 2.40. The average molecular weight is 197 g/mol. The molecule has 1 heteroatoms. The van der Waals surface area contributed by atoms with E-state index in [-0.39, 0.29) is 0 Å². The van der Waals surface area contributed by atoms with E-state index in [9.17, 15) is 0 Å². The number of hydrogen-bond acceptors (Lipinski definition) is 1. The van der Waals surface area contributed by atoms with Crippen LogP contribution in [0.15, 0.2) is 0 Å². The van der Waals surface area contributed by atoms with Gasteiger partial charge in [0.25, 0.3) is 0 Å². The Morgan fingerprint density at radius 1 is 1.14 bits per heavy atom. The van der Waals surface area contributed by atoms with Gasteiger partial charge in [0.05, 0.1) is 0 Å². The lowest BCUT2D eigenvalue weighted by Gasteiger charge is -2.50. The zero-order valence-electron chi connectivity index (χ0n) is 10.5. The highest BCUT2D eigenvalue weighted by atomic mass is 15.2. The Bertz CT molecular complexity index is 163. The molecule has 0 aromatic carbocycles.